The molecule has 3 aromatic rings. The summed E-state index contributed by atoms with van der Waals surface area (Å²) in [6.45, 7) is 8.14. The van der Waals surface area contributed by atoms with Crippen molar-refractivity contribution in [2.45, 2.75) is 65.5 Å². The number of ether oxygens (including phenoxy) is 2. The molecular formula is C26H31F3N8O6. The fourth-order valence-electron chi connectivity index (χ4n) is 3.64. The number of esters is 2. The number of halogens is 3. The molecule has 14 nitrogen and oxygen atoms in total. The van der Waals surface area contributed by atoms with Crippen LogP contribution in [0.5, 0.6) is 0 Å². The zero-order valence-corrected chi connectivity index (χ0v) is 24.3. The fourth-order valence-corrected chi connectivity index (χ4v) is 3.64. The Labute approximate surface area is 244 Å². The molecule has 0 aliphatic rings. The van der Waals surface area contributed by atoms with Gasteiger partial charge < -0.3 is 19.7 Å². The average Bonchev–Trinajstić information content (AvgIpc) is 3.36. The molecular weight excluding hydrogens is 577 g/mol. The molecule has 0 aliphatic heterocycles. The number of anilines is 2. The quantitative estimate of drug-likeness (QED) is 0.189. The van der Waals surface area contributed by atoms with Gasteiger partial charge in [0, 0.05) is 31.5 Å². The Morgan fingerprint density at radius 1 is 1.16 bits per heavy atom. The van der Waals surface area contributed by atoms with Crippen LogP contribution in [0, 0.1) is 10.1 Å². The highest BCUT2D eigenvalue weighted by Gasteiger charge is 2.36. The second kappa shape index (κ2) is 13.0. The molecule has 0 aromatic carbocycles. The molecule has 0 bridgehead atoms. The number of hydrogen-bond acceptors (Lipinski definition) is 12. The van der Waals surface area contributed by atoms with Gasteiger partial charge in [-0.25, -0.2) is 9.59 Å². The molecule has 1 N–H and O–H groups in total. The number of carbonyl (C=O) groups excluding carboxylic acids is 2. The van der Waals surface area contributed by atoms with E-state index >= 15 is 0 Å². The van der Waals surface area contributed by atoms with Gasteiger partial charge in [-0.1, -0.05) is 6.07 Å². The van der Waals surface area contributed by atoms with Gasteiger partial charge in [0.25, 0.3) is 0 Å². The summed E-state index contributed by atoms with van der Waals surface area (Å²) in [6, 6.07) is 1.15. The van der Waals surface area contributed by atoms with Crippen LogP contribution in [-0.4, -0.2) is 66.9 Å². The highest BCUT2D eigenvalue weighted by molar-refractivity contribution is 5.95. The van der Waals surface area contributed by atoms with Gasteiger partial charge in [0.1, 0.15) is 17.3 Å². The smallest absolute Gasteiger partial charge is 0.433 e. The van der Waals surface area contributed by atoms with Crippen LogP contribution in [0.1, 0.15) is 61.9 Å². The first-order valence-electron chi connectivity index (χ1n) is 13.0. The minimum atomic E-state index is -4.54. The number of alkyl halides is 3. The summed E-state index contributed by atoms with van der Waals surface area (Å²) in [6.07, 6.45) is -0.335. The first-order valence-corrected chi connectivity index (χ1v) is 13.0. The standard InChI is InChI=1S/C26H31F3N8O6/c1-7-42-23(39)19-20(37(40)41)21(35(6)15(2)22(38)43-25(3,4)5)34-24(33-19)31-11-17-12-32-36(14-17)13-16-8-9-18(30-10-16)26(27,28)29/h8-10,12,14-15H,7,11,13H2,1-6H3,(H,31,33,34)/t15-/m0/s1. The van der Waals surface area contributed by atoms with E-state index in [2.05, 4.69) is 25.4 Å². The average molecular weight is 609 g/mol. The summed E-state index contributed by atoms with van der Waals surface area (Å²) in [5.41, 5.74) is -2.11. The van der Waals surface area contributed by atoms with E-state index in [1.54, 1.807) is 27.0 Å². The first kappa shape index (κ1) is 32.7. The molecule has 3 rings (SSSR count). The summed E-state index contributed by atoms with van der Waals surface area (Å²) in [5, 5.41) is 19.1. The maximum atomic E-state index is 12.8. The molecule has 0 spiro atoms. The summed E-state index contributed by atoms with van der Waals surface area (Å²) in [4.78, 5) is 49.5. The molecule has 43 heavy (non-hydrogen) atoms. The normalized spacial score (nSPS) is 12.4. The van der Waals surface area contributed by atoms with Gasteiger partial charge in [0.05, 0.1) is 24.3 Å². The lowest BCUT2D eigenvalue weighted by atomic mass is 10.2. The molecule has 0 unspecified atom stereocenters. The fraction of sp³-hybridized carbons (Fsp3) is 0.462. The molecule has 0 saturated heterocycles. The summed E-state index contributed by atoms with van der Waals surface area (Å²) >= 11 is 0. The molecule has 1 atom stereocenters. The van der Waals surface area contributed by atoms with Crippen molar-refractivity contribution < 1.29 is 37.2 Å². The zero-order chi connectivity index (χ0) is 32.1. The number of nitrogens with zero attached hydrogens (tertiary/aromatic N) is 7. The minimum absolute atomic E-state index is 0.0517. The van der Waals surface area contributed by atoms with Gasteiger partial charge in [0.15, 0.2) is 0 Å². The predicted octanol–water partition coefficient (Wildman–Crippen LogP) is 4.00. The van der Waals surface area contributed by atoms with Gasteiger partial charge in [-0.2, -0.15) is 28.2 Å². The van der Waals surface area contributed by atoms with Crippen molar-refractivity contribution in [3.8, 4) is 0 Å². The van der Waals surface area contributed by atoms with E-state index in [4.69, 9.17) is 9.47 Å². The maximum Gasteiger partial charge on any atom is 0.433 e. The van der Waals surface area contributed by atoms with E-state index in [0.717, 1.165) is 12.3 Å². The van der Waals surface area contributed by atoms with Crippen molar-refractivity contribution in [1.82, 2.24) is 24.7 Å². The number of nitro groups is 1. The van der Waals surface area contributed by atoms with Crippen molar-refractivity contribution in [2.75, 3.05) is 23.9 Å². The largest absolute Gasteiger partial charge is 0.461 e. The van der Waals surface area contributed by atoms with E-state index in [9.17, 15) is 32.9 Å². The maximum absolute atomic E-state index is 12.8. The Kier molecular flexibility index (Phi) is 9.88. The first-order chi connectivity index (χ1) is 20.0. The van der Waals surface area contributed by atoms with Gasteiger partial charge in [-0.15, -0.1) is 0 Å². The third-order valence-electron chi connectivity index (χ3n) is 5.78. The topological polar surface area (TPSA) is 168 Å². The molecule has 3 heterocycles. The molecule has 3 aromatic heterocycles. The lowest BCUT2D eigenvalue weighted by Gasteiger charge is -2.28. The van der Waals surface area contributed by atoms with Gasteiger partial charge in [0.2, 0.25) is 17.5 Å². The van der Waals surface area contributed by atoms with E-state index in [1.165, 1.54) is 42.7 Å². The minimum Gasteiger partial charge on any atom is -0.461 e. The molecule has 0 aliphatic carbocycles. The third-order valence-corrected chi connectivity index (χ3v) is 5.78. The Bertz CT molecular complexity index is 1470. The van der Waals surface area contributed by atoms with Crippen molar-refractivity contribution >= 4 is 29.4 Å². The molecule has 0 fully saturated rings. The molecule has 232 valence electrons. The van der Waals surface area contributed by atoms with Crippen molar-refractivity contribution in [3.63, 3.8) is 0 Å². The Morgan fingerprint density at radius 2 is 1.86 bits per heavy atom. The monoisotopic (exact) mass is 608 g/mol. The number of likely N-dealkylation sites (N-methyl/N-ethyl adjacent to an activating group) is 1. The lowest BCUT2D eigenvalue weighted by Crippen LogP contribution is -2.41. The SMILES string of the molecule is CCOC(=O)c1nc(NCc2cnn(Cc3ccc(C(F)(F)F)nc3)c2)nc(N(C)[C@@H](C)C(=O)OC(C)(C)C)c1[N+](=O)[O-]. The Balaban J connectivity index is 1.87. The van der Waals surface area contributed by atoms with Crippen LogP contribution in [-0.2, 0) is 33.5 Å². The highest BCUT2D eigenvalue weighted by atomic mass is 19.4. The molecule has 0 saturated carbocycles. The van der Waals surface area contributed by atoms with Crippen LogP contribution in [0.25, 0.3) is 0 Å². The number of aromatic nitrogens is 5. The lowest BCUT2D eigenvalue weighted by molar-refractivity contribution is -0.384. The predicted molar refractivity (Wildman–Crippen MR) is 146 cm³/mol. The Morgan fingerprint density at radius 3 is 2.42 bits per heavy atom. The number of rotatable bonds is 11. The second-order valence-corrected chi connectivity index (χ2v) is 10.3. The van der Waals surface area contributed by atoms with E-state index < -0.39 is 51.8 Å². The Hall–Kier alpha value is -4.83. The zero-order valence-electron chi connectivity index (χ0n) is 24.3. The number of pyridine rings is 1. The van der Waals surface area contributed by atoms with E-state index in [1.807, 2.05) is 0 Å². The van der Waals surface area contributed by atoms with Crippen LogP contribution in [0.15, 0.2) is 30.7 Å². The third kappa shape index (κ3) is 8.59. The summed E-state index contributed by atoms with van der Waals surface area (Å²) < 4.78 is 50.2. The van der Waals surface area contributed by atoms with Crippen LogP contribution in [0.3, 0.4) is 0 Å². The second-order valence-electron chi connectivity index (χ2n) is 10.3. The van der Waals surface area contributed by atoms with Crippen molar-refractivity contribution in [3.05, 3.63) is 63.4 Å². The van der Waals surface area contributed by atoms with Crippen molar-refractivity contribution in [2.24, 2.45) is 0 Å². The van der Waals surface area contributed by atoms with Gasteiger partial charge in [-0.05, 0) is 46.2 Å². The van der Waals surface area contributed by atoms with Crippen LogP contribution < -0.4 is 10.2 Å². The van der Waals surface area contributed by atoms with Gasteiger partial charge >= 0.3 is 23.8 Å². The van der Waals surface area contributed by atoms with E-state index in [-0.39, 0.29) is 31.5 Å². The summed E-state index contributed by atoms with van der Waals surface area (Å²) in [7, 11) is 1.39. The van der Waals surface area contributed by atoms with Gasteiger partial charge in [-0.3, -0.25) is 19.8 Å². The number of hydrogen-bond donors (Lipinski definition) is 1. The molecule has 17 heteroatoms. The molecule has 0 amide bonds. The molecule has 0 radical (unpaired) electrons. The van der Waals surface area contributed by atoms with Crippen LogP contribution >= 0.6 is 0 Å². The van der Waals surface area contributed by atoms with Crippen LogP contribution in [0.2, 0.25) is 0 Å². The number of carbonyl (C=O) groups is 2. The highest BCUT2D eigenvalue weighted by Crippen LogP contribution is 2.32. The summed E-state index contributed by atoms with van der Waals surface area (Å²) in [5.74, 6) is -2.23. The van der Waals surface area contributed by atoms with E-state index in [0.29, 0.717) is 11.1 Å². The number of nitrogens with one attached hydrogen (secondary N) is 1. The van der Waals surface area contributed by atoms with Crippen LogP contribution in [0.4, 0.5) is 30.6 Å². The van der Waals surface area contributed by atoms with Crippen molar-refractivity contribution in [1.29, 1.82) is 0 Å².